The van der Waals surface area contributed by atoms with E-state index in [1.54, 1.807) is 30.3 Å². The second kappa shape index (κ2) is 6.01. The van der Waals surface area contributed by atoms with Gasteiger partial charge in [0.25, 0.3) is 5.69 Å². The molecule has 0 saturated heterocycles. The molecule has 0 spiro atoms. The van der Waals surface area contributed by atoms with Crippen LogP contribution in [0, 0.1) is 21.4 Å². The second-order valence-corrected chi connectivity index (χ2v) is 4.61. The van der Waals surface area contributed by atoms with Crippen LogP contribution < -0.4 is 4.90 Å². The molecule has 0 radical (unpaired) electrons. The lowest BCUT2D eigenvalue weighted by molar-refractivity contribution is -0.384. The first-order valence-corrected chi connectivity index (χ1v) is 6.37. The first-order chi connectivity index (χ1) is 10.0. The van der Waals surface area contributed by atoms with Crippen molar-refractivity contribution in [2.24, 2.45) is 0 Å². The molecular formula is C15H14N4O2. The third kappa shape index (κ3) is 2.98. The van der Waals surface area contributed by atoms with Crippen LogP contribution >= 0.6 is 0 Å². The fourth-order valence-corrected chi connectivity index (χ4v) is 2.07. The lowest BCUT2D eigenvalue weighted by atomic mass is 10.1. The molecular weight excluding hydrogens is 268 g/mol. The molecule has 0 aliphatic heterocycles. The lowest BCUT2D eigenvalue weighted by Crippen LogP contribution is -2.23. The largest absolute Gasteiger partial charge is 0.361 e. The molecule has 0 aliphatic rings. The Balaban J connectivity index is 2.42. The summed E-state index contributed by atoms with van der Waals surface area (Å²) in [6.45, 7) is 1.92. The normalized spacial score (nSPS) is 11.5. The van der Waals surface area contributed by atoms with E-state index in [1.165, 1.54) is 6.07 Å². The second-order valence-electron chi connectivity index (χ2n) is 4.61. The van der Waals surface area contributed by atoms with Crippen molar-refractivity contribution in [1.29, 1.82) is 5.26 Å². The molecule has 0 amide bonds. The van der Waals surface area contributed by atoms with Crippen molar-refractivity contribution >= 4 is 11.4 Å². The molecule has 2 aromatic rings. The summed E-state index contributed by atoms with van der Waals surface area (Å²) >= 11 is 0. The van der Waals surface area contributed by atoms with Gasteiger partial charge in [0.15, 0.2) is 0 Å². The minimum absolute atomic E-state index is 0.0840. The van der Waals surface area contributed by atoms with E-state index in [0.29, 0.717) is 5.69 Å². The number of pyridine rings is 1. The van der Waals surface area contributed by atoms with Gasteiger partial charge in [0, 0.05) is 19.3 Å². The molecule has 0 aliphatic carbocycles. The Kier molecular flexibility index (Phi) is 4.14. The Hall–Kier alpha value is -2.94. The highest BCUT2D eigenvalue weighted by molar-refractivity contribution is 5.66. The van der Waals surface area contributed by atoms with Crippen molar-refractivity contribution in [2.75, 3.05) is 11.9 Å². The zero-order valence-electron chi connectivity index (χ0n) is 11.7. The van der Waals surface area contributed by atoms with Gasteiger partial charge in [-0.3, -0.25) is 15.1 Å². The summed E-state index contributed by atoms with van der Waals surface area (Å²) in [6, 6.07) is 11.8. The summed E-state index contributed by atoms with van der Waals surface area (Å²) in [5.74, 6) is 0. The van der Waals surface area contributed by atoms with Gasteiger partial charge in [-0.1, -0.05) is 6.07 Å². The van der Waals surface area contributed by atoms with E-state index in [2.05, 4.69) is 4.98 Å². The van der Waals surface area contributed by atoms with Crippen molar-refractivity contribution in [3.05, 3.63) is 64.0 Å². The summed E-state index contributed by atoms with van der Waals surface area (Å²) in [5.41, 5.74) is 1.46. The van der Waals surface area contributed by atoms with Gasteiger partial charge in [-0.25, -0.2) is 0 Å². The van der Waals surface area contributed by atoms with E-state index in [-0.39, 0.29) is 17.3 Å². The number of aromatic nitrogens is 1. The highest BCUT2D eigenvalue weighted by Crippen LogP contribution is 2.33. The first-order valence-electron chi connectivity index (χ1n) is 6.37. The van der Waals surface area contributed by atoms with E-state index in [1.807, 2.05) is 31.2 Å². The minimum atomic E-state index is -0.474. The molecule has 106 valence electrons. The van der Waals surface area contributed by atoms with Gasteiger partial charge in [0.2, 0.25) is 0 Å². The molecule has 2 rings (SSSR count). The van der Waals surface area contributed by atoms with E-state index < -0.39 is 4.92 Å². The van der Waals surface area contributed by atoms with Gasteiger partial charge >= 0.3 is 0 Å². The van der Waals surface area contributed by atoms with Crippen LogP contribution in [0.15, 0.2) is 42.6 Å². The van der Waals surface area contributed by atoms with Crippen LogP contribution in [0.3, 0.4) is 0 Å². The van der Waals surface area contributed by atoms with Crippen molar-refractivity contribution in [1.82, 2.24) is 4.98 Å². The van der Waals surface area contributed by atoms with Crippen molar-refractivity contribution < 1.29 is 4.92 Å². The molecule has 6 nitrogen and oxygen atoms in total. The van der Waals surface area contributed by atoms with Gasteiger partial charge in [-0.2, -0.15) is 5.26 Å². The number of nitrogens with zero attached hydrogens (tertiary/aromatic N) is 4. The quantitative estimate of drug-likeness (QED) is 0.635. The maximum absolute atomic E-state index is 11.2. The molecule has 21 heavy (non-hydrogen) atoms. The van der Waals surface area contributed by atoms with Gasteiger partial charge in [-0.05, 0) is 31.2 Å². The van der Waals surface area contributed by atoms with E-state index in [4.69, 9.17) is 5.26 Å². The maximum Gasteiger partial charge on any atom is 0.293 e. The van der Waals surface area contributed by atoms with Crippen LogP contribution in [0.5, 0.6) is 0 Å². The lowest BCUT2D eigenvalue weighted by Gasteiger charge is -2.26. The van der Waals surface area contributed by atoms with Crippen molar-refractivity contribution in [3.8, 4) is 6.07 Å². The minimum Gasteiger partial charge on any atom is -0.361 e. The van der Waals surface area contributed by atoms with Crippen LogP contribution in [0.2, 0.25) is 0 Å². The number of rotatable bonds is 4. The zero-order chi connectivity index (χ0) is 15.4. The third-order valence-corrected chi connectivity index (χ3v) is 3.38. The van der Waals surface area contributed by atoms with Crippen molar-refractivity contribution in [2.45, 2.75) is 13.0 Å². The predicted octanol–water partition coefficient (Wildman–Crippen LogP) is 3.06. The van der Waals surface area contributed by atoms with Gasteiger partial charge in [0.05, 0.1) is 28.3 Å². The van der Waals surface area contributed by atoms with Gasteiger partial charge in [-0.15, -0.1) is 0 Å². The molecule has 1 heterocycles. The monoisotopic (exact) mass is 282 g/mol. The maximum atomic E-state index is 11.2. The fourth-order valence-electron chi connectivity index (χ4n) is 2.07. The Morgan fingerprint density at radius 2 is 2.14 bits per heavy atom. The summed E-state index contributed by atoms with van der Waals surface area (Å²) in [5, 5.41) is 20.1. The predicted molar refractivity (Wildman–Crippen MR) is 78.9 cm³/mol. The summed E-state index contributed by atoms with van der Waals surface area (Å²) in [7, 11) is 1.77. The van der Waals surface area contributed by atoms with Gasteiger partial charge in [0.1, 0.15) is 5.69 Å². The van der Waals surface area contributed by atoms with E-state index in [0.717, 1.165) is 5.69 Å². The molecule has 0 bridgehead atoms. The summed E-state index contributed by atoms with van der Waals surface area (Å²) < 4.78 is 0. The Bertz CT molecular complexity index is 695. The van der Waals surface area contributed by atoms with Crippen LogP contribution in [0.4, 0.5) is 11.4 Å². The van der Waals surface area contributed by atoms with E-state index in [9.17, 15) is 10.1 Å². The first kappa shape index (κ1) is 14.5. The Labute approximate surface area is 122 Å². The van der Waals surface area contributed by atoms with Crippen LogP contribution in [0.1, 0.15) is 24.2 Å². The molecule has 1 atom stereocenters. The molecule has 0 unspecified atom stereocenters. The highest BCUT2D eigenvalue weighted by atomic mass is 16.6. The number of nitriles is 1. The number of benzene rings is 1. The molecule has 1 aromatic heterocycles. The summed E-state index contributed by atoms with van der Waals surface area (Å²) in [6.07, 6.45) is 1.69. The van der Waals surface area contributed by atoms with Crippen molar-refractivity contribution in [3.63, 3.8) is 0 Å². The molecule has 0 saturated carbocycles. The smallest absolute Gasteiger partial charge is 0.293 e. The van der Waals surface area contributed by atoms with Crippen LogP contribution in [0.25, 0.3) is 0 Å². The number of hydrogen-bond donors (Lipinski definition) is 0. The average molecular weight is 282 g/mol. The summed E-state index contributed by atoms with van der Waals surface area (Å²) in [4.78, 5) is 16.8. The Morgan fingerprint density at radius 3 is 2.71 bits per heavy atom. The average Bonchev–Trinajstić information content (AvgIpc) is 2.53. The zero-order valence-corrected chi connectivity index (χ0v) is 11.7. The third-order valence-electron chi connectivity index (χ3n) is 3.38. The number of hydrogen-bond acceptors (Lipinski definition) is 5. The standard InChI is InChI=1S/C15H14N4O2/c1-11(13-5-3-4-8-17-13)18(2)14-7-6-12(10-16)9-15(14)19(20)21/h3-9,11H,1-2H3/t11-/m1/s1. The van der Waals surface area contributed by atoms with Gasteiger partial charge < -0.3 is 4.90 Å². The molecule has 0 N–H and O–H groups in total. The number of nitro benzene ring substituents is 1. The molecule has 0 fully saturated rings. The highest BCUT2D eigenvalue weighted by Gasteiger charge is 2.22. The molecule has 1 aromatic carbocycles. The number of anilines is 1. The Morgan fingerprint density at radius 1 is 1.38 bits per heavy atom. The molecule has 6 heteroatoms. The number of nitro groups is 1. The fraction of sp³-hybridized carbons (Fsp3) is 0.200. The topological polar surface area (TPSA) is 83.1 Å². The SMILES string of the molecule is C[C@H](c1ccccn1)N(C)c1ccc(C#N)cc1[N+](=O)[O-]. The van der Waals surface area contributed by atoms with Crippen LogP contribution in [-0.4, -0.2) is 17.0 Å². The van der Waals surface area contributed by atoms with E-state index >= 15 is 0 Å². The van der Waals surface area contributed by atoms with Crippen LogP contribution in [-0.2, 0) is 0 Å².